The Morgan fingerprint density at radius 2 is 2.08 bits per heavy atom. The predicted octanol–water partition coefficient (Wildman–Crippen LogP) is 0.803. The van der Waals surface area contributed by atoms with Gasteiger partial charge in [0.15, 0.2) is 12.4 Å². The SMILES string of the molecule is Cc1cc(NC(=O)COC(=O)CNC(=O)c2cccc([N+](=O)[O-])c2)no1. The van der Waals surface area contributed by atoms with Gasteiger partial charge < -0.3 is 19.9 Å². The lowest BCUT2D eigenvalue weighted by Crippen LogP contribution is -2.32. The molecule has 1 heterocycles. The maximum absolute atomic E-state index is 11.9. The molecule has 26 heavy (non-hydrogen) atoms. The van der Waals surface area contributed by atoms with Crippen molar-refractivity contribution in [2.75, 3.05) is 18.5 Å². The molecular weight excluding hydrogens is 348 g/mol. The Morgan fingerprint density at radius 3 is 2.73 bits per heavy atom. The fourth-order valence-electron chi connectivity index (χ4n) is 1.82. The first-order valence-corrected chi connectivity index (χ1v) is 7.26. The molecule has 2 N–H and O–H groups in total. The molecule has 136 valence electrons. The van der Waals surface area contributed by atoms with Crippen molar-refractivity contribution in [2.24, 2.45) is 0 Å². The number of carbonyl (C=O) groups is 3. The summed E-state index contributed by atoms with van der Waals surface area (Å²) in [5.74, 6) is -1.48. The number of aromatic nitrogens is 1. The number of aryl methyl sites for hydroxylation is 1. The third-order valence-corrected chi connectivity index (χ3v) is 2.97. The van der Waals surface area contributed by atoms with Crippen LogP contribution < -0.4 is 10.6 Å². The van der Waals surface area contributed by atoms with Gasteiger partial charge in [0.1, 0.15) is 12.3 Å². The number of anilines is 1. The van der Waals surface area contributed by atoms with E-state index < -0.39 is 35.9 Å². The molecule has 0 aliphatic rings. The van der Waals surface area contributed by atoms with Gasteiger partial charge in [-0.05, 0) is 13.0 Å². The van der Waals surface area contributed by atoms with Crippen molar-refractivity contribution in [3.63, 3.8) is 0 Å². The lowest BCUT2D eigenvalue weighted by atomic mass is 10.2. The van der Waals surface area contributed by atoms with E-state index in [-0.39, 0.29) is 17.1 Å². The fraction of sp³-hybridized carbons (Fsp3) is 0.200. The topological polar surface area (TPSA) is 154 Å². The summed E-state index contributed by atoms with van der Waals surface area (Å²) in [4.78, 5) is 45.0. The van der Waals surface area contributed by atoms with Crippen LogP contribution in [0.2, 0.25) is 0 Å². The van der Waals surface area contributed by atoms with E-state index in [2.05, 4.69) is 15.8 Å². The molecule has 2 rings (SSSR count). The summed E-state index contributed by atoms with van der Waals surface area (Å²) in [7, 11) is 0. The van der Waals surface area contributed by atoms with Gasteiger partial charge in [-0.25, -0.2) is 0 Å². The Morgan fingerprint density at radius 1 is 1.31 bits per heavy atom. The van der Waals surface area contributed by atoms with Crippen molar-refractivity contribution in [3.05, 3.63) is 51.8 Å². The molecule has 0 atom stereocenters. The van der Waals surface area contributed by atoms with E-state index in [1.54, 1.807) is 6.92 Å². The molecule has 0 aliphatic carbocycles. The number of hydrogen-bond acceptors (Lipinski definition) is 8. The van der Waals surface area contributed by atoms with Crippen LogP contribution in [0.15, 0.2) is 34.9 Å². The van der Waals surface area contributed by atoms with E-state index in [1.165, 1.54) is 24.3 Å². The largest absolute Gasteiger partial charge is 0.454 e. The van der Waals surface area contributed by atoms with Gasteiger partial charge in [-0.2, -0.15) is 0 Å². The van der Waals surface area contributed by atoms with Crippen LogP contribution in [0.3, 0.4) is 0 Å². The number of nitrogens with one attached hydrogen (secondary N) is 2. The molecule has 0 saturated heterocycles. The zero-order chi connectivity index (χ0) is 19.1. The second-order valence-corrected chi connectivity index (χ2v) is 5.02. The highest BCUT2D eigenvalue weighted by molar-refractivity contribution is 5.97. The number of benzene rings is 1. The average molecular weight is 362 g/mol. The molecule has 2 aromatic rings. The highest BCUT2D eigenvalue weighted by Crippen LogP contribution is 2.12. The van der Waals surface area contributed by atoms with Crippen molar-refractivity contribution in [1.29, 1.82) is 0 Å². The first-order valence-electron chi connectivity index (χ1n) is 7.26. The molecule has 2 amide bonds. The van der Waals surface area contributed by atoms with Gasteiger partial charge in [-0.1, -0.05) is 11.2 Å². The van der Waals surface area contributed by atoms with Crippen molar-refractivity contribution >= 4 is 29.3 Å². The number of nitrogens with zero attached hydrogens (tertiary/aromatic N) is 2. The minimum atomic E-state index is -0.852. The van der Waals surface area contributed by atoms with E-state index in [4.69, 9.17) is 9.26 Å². The van der Waals surface area contributed by atoms with Crippen LogP contribution in [0.1, 0.15) is 16.1 Å². The number of amides is 2. The van der Waals surface area contributed by atoms with Gasteiger partial charge in [0.05, 0.1) is 4.92 Å². The van der Waals surface area contributed by atoms with Crippen LogP contribution in [-0.4, -0.2) is 41.0 Å². The highest BCUT2D eigenvalue weighted by Gasteiger charge is 2.14. The number of esters is 1. The zero-order valence-electron chi connectivity index (χ0n) is 13.6. The molecule has 0 saturated carbocycles. The maximum Gasteiger partial charge on any atom is 0.325 e. The number of ether oxygens (including phenoxy) is 1. The van der Waals surface area contributed by atoms with Crippen LogP contribution in [0, 0.1) is 17.0 Å². The van der Waals surface area contributed by atoms with E-state index in [0.717, 1.165) is 6.07 Å². The summed E-state index contributed by atoms with van der Waals surface area (Å²) in [5.41, 5.74) is -0.230. The van der Waals surface area contributed by atoms with Crippen molar-refractivity contribution in [1.82, 2.24) is 10.5 Å². The summed E-state index contributed by atoms with van der Waals surface area (Å²) in [6.45, 7) is 0.571. The van der Waals surface area contributed by atoms with Gasteiger partial charge in [0.2, 0.25) is 0 Å². The highest BCUT2D eigenvalue weighted by atomic mass is 16.6. The Hall–Kier alpha value is -3.76. The number of rotatable bonds is 7. The Labute approximate surface area is 146 Å². The van der Waals surface area contributed by atoms with Crippen LogP contribution in [0.4, 0.5) is 11.5 Å². The molecule has 0 aliphatic heterocycles. The molecule has 1 aromatic heterocycles. The van der Waals surface area contributed by atoms with Crippen molar-refractivity contribution in [3.8, 4) is 0 Å². The van der Waals surface area contributed by atoms with Gasteiger partial charge in [0, 0.05) is 23.8 Å². The number of nitro benzene ring substituents is 1. The van der Waals surface area contributed by atoms with Crippen LogP contribution in [0.25, 0.3) is 0 Å². The lowest BCUT2D eigenvalue weighted by molar-refractivity contribution is -0.384. The zero-order valence-corrected chi connectivity index (χ0v) is 13.6. The van der Waals surface area contributed by atoms with Gasteiger partial charge in [-0.3, -0.25) is 24.5 Å². The second-order valence-electron chi connectivity index (χ2n) is 5.02. The summed E-state index contributed by atoms with van der Waals surface area (Å²) in [6, 6.07) is 6.51. The van der Waals surface area contributed by atoms with E-state index in [1.807, 2.05) is 0 Å². The molecule has 0 bridgehead atoms. The first-order chi connectivity index (χ1) is 12.3. The molecule has 11 heteroatoms. The second kappa shape index (κ2) is 8.37. The Balaban J connectivity index is 1.75. The number of hydrogen-bond donors (Lipinski definition) is 2. The van der Waals surface area contributed by atoms with E-state index in [9.17, 15) is 24.5 Å². The van der Waals surface area contributed by atoms with Crippen molar-refractivity contribution < 1.29 is 28.6 Å². The normalized spacial score (nSPS) is 10.0. The Kier molecular flexibility index (Phi) is 5.98. The molecule has 0 radical (unpaired) electrons. The smallest absolute Gasteiger partial charge is 0.325 e. The first kappa shape index (κ1) is 18.6. The summed E-state index contributed by atoms with van der Waals surface area (Å²) >= 11 is 0. The standard InChI is InChI=1S/C15H14N4O7/c1-9-5-12(18-26-9)17-13(20)8-25-14(21)7-16-15(22)10-3-2-4-11(6-10)19(23)24/h2-6H,7-8H2,1H3,(H,16,22)(H,17,18,20). The van der Waals surface area contributed by atoms with E-state index >= 15 is 0 Å². The van der Waals surface area contributed by atoms with Crippen LogP contribution in [0.5, 0.6) is 0 Å². The fourth-order valence-corrected chi connectivity index (χ4v) is 1.82. The molecule has 0 unspecified atom stereocenters. The quantitative estimate of drug-likeness (QED) is 0.416. The number of non-ortho nitro benzene ring substituents is 1. The van der Waals surface area contributed by atoms with Crippen LogP contribution in [-0.2, 0) is 14.3 Å². The minimum absolute atomic E-state index is 0.0196. The van der Waals surface area contributed by atoms with Gasteiger partial charge in [-0.15, -0.1) is 0 Å². The maximum atomic E-state index is 11.9. The lowest BCUT2D eigenvalue weighted by Gasteiger charge is -2.06. The Bertz CT molecular complexity index is 846. The monoisotopic (exact) mass is 362 g/mol. The summed E-state index contributed by atoms with van der Waals surface area (Å²) in [5, 5.41) is 18.8. The molecule has 1 aromatic carbocycles. The molecular formula is C15H14N4O7. The number of nitro groups is 1. The molecule has 11 nitrogen and oxygen atoms in total. The minimum Gasteiger partial charge on any atom is -0.454 e. The summed E-state index contributed by atoms with van der Waals surface area (Å²) < 4.78 is 9.46. The molecule has 0 spiro atoms. The molecule has 0 fully saturated rings. The van der Waals surface area contributed by atoms with Crippen molar-refractivity contribution in [2.45, 2.75) is 6.92 Å². The predicted molar refractivity (Wildman–Crippen MR) is 86.3 cm³/mol. The third kappa shape index (κ3) is 5.40. The number of carbonyl (C=O) groups excluding carboxylic acids is 3. The third-order valence-electron chi connectivity index (χ3n) is 2.97. The van der Waals surface area contributed by atoms with Crippen LogP contribution >= 0.6 is 0 Å². The van der Waals surface area contributed by atoms with Gasteiger partial charge >= 0.3 is 5.97 Å². The average Bonchev–Trinajstić information content (AvgIpc) is 3.02. The van der Waals surface area contributed by atoms with Gasteiger partial charge in [0.25, 0.3) is 17.5 Å². The van der Waals surface area contributed by atoms with E-state index in [0.29, 0.717) is 5.76 Å². The summed E-state index contributed by atoms with van der Waals surface area (Å²) in [6.07, 6.45) is 0.